The highest BCUT2D eigenvalue weighted by molar-refractivity contribution is 6.08. The summed E-state index contributed by atoms with van der Waals surface area (Å²) < 4.78 is 5.72. The number of rotatable bonds is 7. The zero-order chi connectivity index (χ0) is 27.2. The lowest BCUT2D eigenvalue weighted by atomic mass is 10.0. The summed E-state index contributed by atoms with van der Waals surface area (Å²) in [4.78, 5) is 38.0. The molecule has 0 heterocycles. The maximum atomic E-state index is 12.8. The number of nitrogens with one attached hydrogen (secondary N) is 2. The number of hydrogen-bond acceptors (Lipinski definition) is 5. The topological polar surface area (TPSA) is 96.9 Å². The van der Waals surface area contributed by atoms with Crippen LogP contribution in [0.4, 0.5) is 0 Å². The van der Waals surface area contributed by atoms with E-state index in [4.69, 9.17) is 4.74 Å². The highest BCUT2D eigenvalue weighted by atomic mass is 16.5. The molecular formula is C32H25N3O4. The first-order valence-electron chi connectivity index (χ1n) is 12.4. The van der Waals surface area contributed by atoms with E-state index < -0.39 is 11.9 Å². The summed E-state index contributed by atoms with van der Waals surface area (Å²) in [6.45, 7) is 1.64. The summed E-state index contributed by atoms with van der Waals surface area (Å²) in [6.07, 6.45) is 1.44. The van der Waals surface area contributed by atoms with Gasteiger partial charge in [0.25, 0.3) is 11.8 Å². The molecule has 2 amide bonds. The van der Waals surface area contributed by atoms with Gasteiger partial charge in [-0.25, -0.2) is 10.2 Å². The average molecular weight is 516 g/mol. The van der Waals surface area contributed by atoms with Crippen LogP contribution < -0.4 is 15.5 Å². The van der Waals surface area contributed by atoms with E-state index in [0.29, 0.717) is 22.4 Å². The Morgan fingerprint density at radius 3 is 2.28 bits per heavy atom. The Labute approximate surface area is 225 Å². The molecule has 0 unspecified atom stereocenters. The molecular weight excluding hydrogens is 490 g/mol. The Morgan fingerprint density at radius 2 is 1.49 bits per heavy atom. The monoisotopic (exact) mass is 515 g/mol. The van der Waals surface area contributed by atoms with Crippen LogP contribution in [0.3, 0.4) is 0 Å². The van der Waals surface area contributed by atoms with Crippen LogP contribution in [0.5, 0.6) is 5.75 Å². The smallest absolute Gasteiger partial charge is 0.343 e. The third-order valence-corrected chi connectivity index (χ3v) is 6.21. The van der Waals surface area contributed by atoms with Crippen LogP contribution in [-0.4, -0.2) is 30.5 Å². The minimum atomic E-state index is -0.502. The van der Waals surface area contributed by atoms with Gasteiger partial charge in [-0.2, -0.15) is 5.10 Å². The Balaban J connectivity index is 1.29. The van der Waals surface area contributed by atoms with Crippen LogP contribution in [0.25, 0.3) is 21.5 Å². The van der Waals surface area contributed by atoms with Gasteiger partial charge in [0.1, 0.15) is 5.75 Å². The van der Waals surface area contributed by atoms with Gasteiger partial charge in [0.05, 0.1) is 18.3 Å². The lowest BCUT2D eigenvalue weighted by Crippen LogP contribution is -2.35. The predicted molar refractivity (Wildman–Crippen MR) is 152 cm³/mol. The van der Waals surface area contributed by atoms with Crippen LogP contribution in [-0.2, 0) is 4.79 Å². The number of carbonyl (C=O) groups excluding carboxylic acids is 3. The van der Waals surface area contributed by atoms with Gasteiger partial charge in [-0.1, -0.05) is 84.4 Å². The van der Waals surface area contributed by atoms with Gasteiger partial charge in [-0.05, 0) is 52.7 Å². The molecule has 5 rings (SSSR count). The second-order valence-corrected chi connectivity index (χ2v) is 8.96. The Bertz CT molecular complexity index is 1740. The second-order valence-electron chi connectivity index (χ2n) is 8.96. The van der Waals surface area contributed by atoms with Gasteiger partial charge in [-0.3, -0.25) is 9.59 Å². The Hall–Kier alpha value is -5.30. The highest BCUT2D eigenvalue weighted by Gasteiger charge is 2.14. The van der Waals surface area contributed by atoms with Crippen molar-refractivity contribution < 1.29 is 19.1 Å². The van der Waals surface area contributed by atoms with E-state index in [1.807, 2.05) is 73.7 Å². The van der Waals surface area contributed by atoms with E-state index in [0.717, 1.165) is 27.1 Å². The molecule has 0 aliphatic heterocycles. The number of hydrazone groups is 1. The summed E-state index contributed by atoms with van der Waals surface area (Å²) in [5.41, 5.74) is 4.83. The number of amides is 2. The molecule has 0 spiro atoms. The third-order valence-electron chi connectivity index (χ3n) is 6.21. The molecule has 0 aromatic heterocycles. The SMILES string of the molecule is Cc1cccc(C(=O)Oc2ccc3ccccc3c2/C=N/NC(=O)CNC(=O)c2cccc3ccccc23)c1. The number of esters is 1. The number of fused-ring (bicyclic) bond motifs is 2. The first-order chi connectivity index (χ1) is 19.0. The van der Waals surface area contributed by atoms with Gasteiger partial charge in [-0.15, -0.1) is 0 Å². The first kappa shape index (κ1) is 25.4. The number of carbonyl (C=O) groups is 3. The maximum Gasteiger partial charge on any atom is 0.343 e. The van der Waals surface area contributed by atoms with E-state index in [1.165, 1.54) is 6.21 Å². The highest BCUT2D eigenvalue weighted by Crippen LogP contribution is 2.27. The van der Waals surface area contributed by atoms with Gasteiger partial charge in [0.2, 0.25) is 0 Å². The number of benzene rings is 5. The molecule has 0 fully saturated rings. The first-order valence-corrected chi connectivity index (χ1v) is 12.4. The van der Waals surface area contributed by atoms with Crippen molar-refractivity contribution in [3.05, 3.63) is 125 Å². The van der Waals surface area contributed by atoms with E-state index in [9.17, 15) is 14.4 Å². The second kappa shape index (κ2) is 11.4. The fourth-order valence-corrected chi connectivity index (χ4v) is 4.32. The van der Waals surface area contributed by atoms with Crippen LogP contribution in [0, 0.1) is 6.92 Å². The zero-order valence-electron chi connectivity index (χ0n) is 21.2. The van der Waals surface area contributed by atoms with Crippen LogP contribution in [0.15, 0.2) is 108 Å². The van der Waals surface area contributed by atoms with Gasteiger partial charge in [0.15, 0.2) is 0 Å². The van der Waals surface area contributed by atoms with Crippen LogP contribution in [0.1, 0.15) is 31.8 Å². The molecule has 0 bridgehead atoms. The lowest BCUT2D eigenvalue weighted by molar-refractivity contribution is -0.120. The van der Waals surface area contributed by atoms with Crippen molar-refractivity contribution in [3.63, 3.8) is 0 Å². The van der Waals surface area contributed by atoms with E-state index >= 15 is 0 Å². The summed E-state index contributed by atoms with van der Waals surface area (Å²) in [6, 6.07) is 31.3. The number of aryl methyl sites for hydroxylation is 1. The normalized spacial score (nSPS) is 11.0. The fourth-order valence-electron chi connectivity index (χ4n) is 4.32. The van der Waals surface area contributed by atoms with Crippen molar-refractivity contribution >= 4 is 45.5 Å². The van der Waals surface area contributed by atoms with Crippen molar-refractivity contribution in [2.24, 2.45) is 5.10 Å². The quantitative estimate of drug-likeness (QED) is 0.131. The summed E-state index contributed by atoms with van der Waals surface area (Å²) >= 11 is 0. The lowest BCUT2D eigenvalue weighted by Gasteiger charge is -2.11. The number of hydrogen-bond donors (Lipinski definition) is 2. The number of ether oxygens (including phenoxy) is 1. The molecule has 7 nitrogen and oxygen atoms in total. The molecule has 7 heteroatoms. The molecule has 2 N–H and O–H groups in total. The summed E-state index contributed by atoms with van der Waals surface area (Å²) in [5, 5.41) is 10.2. The van der Waals surface area contributed by atoms with Crippen molar-refractivity contribution in [1.29, 1.82) is 0 Å². The molecule has 0 atom stereocenters. The zero-order valence-corrected chi connectivity index (χ0v) is 21.2. The van der Waals surface area contributed by atoms with E-state index in [-0.39, 0.29) is 12.5 Å². The predicted octanol–water partition coefficient (Wildman–Crippen LogP) is 5.40. The molecule has 0 aliphatic rings. The van der Waals surface area contributed by atoms with Crippen LogP contribution >= 0.6 is 0 Å². The molecule has 5 aromatic carbocycles. The molecule has 192 valence electrons. The maximum absolute atomic E-state index is 12.8. The molecule has 39 heavy (non-hydrogen) atoms. The Kier molecular flexibility index (Phi) is 7.41. The third kappa shape index (κ3) is 5.83. The van der Waals surface area contributed by atoms with E-state index in [2.05, 4.69) is 15.8 Å². The molecule has 0 aliphatic carbocycles. The van der Waals surface area contributed by atoms with Crippen LogP contribution in [0.2, 0.25) is 0 Å². The van der Waals surface area contributed by atoms with Crippen molar-refractivity contribution in [2.45, 2.75) is 6.92 Å². The van der Waals surface area contributed by atoms with Crippen molar-refractivity contribution in [1.82, 2.24) is 10.7 Å². The minimum absolute atomic E-state index is 0.260. The summed E-state index contributed by atoms with van der Waals surface area (Å²) in [7, 11) is 0. The van der Waals surface area contributed by atoms with Gasteiger partial charge in [0, 0.05) is 11.1 Å². The Morgan fingerprint density at radius 1 is 0.795 bits per heavy atom. The minimum Gasteiger partial charge on any atom is -0.422 e. The largest absolute Gasteiger partial charge is 0.422 e. The van der Waals surface area contributed by atoms with Crippen molar-refractivity contribution in [3.8, 4) is 5.75 Å². The molecule has 0 radical (unpaired) electrons. The fraction of sp³-hybridized carbons (Fsp3) is 0.0625. The van der Waals surface area contributed by atoms with E-state index in [1.54, 1.807) is 36.4 Å². The average Bonchev–Trinajstić information content (AvgIpc) is 2.96. The molecule has 5 aromatic rings. The summed E-state index contributed by atoms with van der Waals surface area (Å²) in [5.74, 6) is -1.05. The van der Waals surface area contributed by atoms with Crippen molar-refractivity contribution in [2.75, 3.05) is 6.54 Å². The van der Waals surface area contributed by atoms with Gasteiger partial charge < -0.3 is 10.1 Å². The number of nitrogens with zero attached hydrogens (tertiary/aromatic N) is 1. The molecule has 0 saturated heterocycles. The molecule has 0 saturated carbocycles. The van der Waals surface area contributed by atoms with Gasteiger partial charge >= 0.3 is 5.97 Å². The standard InChI is InChI=1S/C32H25N3O4/c1-21-8-6-12-24(18-21)32(38)39-29-17-16-23-10-3-5-14-26(23)28(29)19-34-35-30(36)20-33-31(37)27-15-7-11-22-9-2-4-13-25(22)27/h2-19H,20H2,1H3,(H,33,37)(H,35,36)/b34-19+.